The normalized spacial score (nSPS) is 11.6. The Morgan fingerprint density at radius 1 is 1.19 bits per heavy atom. The van der Waals surface area contributed by atoms with Gasteiger partial charge in [-0.25, -0.2) is 8.42 Å². The van der Waals surface area contributed by atoms with E-state index >= 15 is 0 Å². The molecular weight excluding hydrogens is 294 g/mol. The molecule has 118 valence electrons. The van der Waals surface area contributed by atoms with Crippen molar-refractivity contribution in [1.82, 2.24) is 4.31 Å². The summed E-state index contributed by atoms with van der Waals surface area (Å²) in [6.45, 7) is 3.83. The molecule has 0 unspecified atom stereocenters. The summed E-state index contributed by atoms with van der Waals surface area (Å²) in [6, 6.07) is 6.04. The van der Waals surface area contributed by atoms with E-state index in [1.54, 1.807) is 12.1 Å². The number of rotatable bonds is 10. The van der Waals surface area contributed by atoms with Crippen molar-refractivity contribution >= 4 is 10.0 Å². The molecule has 7 heteroatoms. The van der Waals surface area contributed by atoms with Crippen molar-refractivity contribution in [2.75, 3.05) is 32.9 Å². The Bertz CT molecular complexity index is 527. The maximum atomic E-state index is 12.4. The first-order valence-electron chi connectivity index (χ1n) is 6.62. The van der Waals surface area contributed by atoms with Crippen LogP contribution in [0.4, 0.5) is 0 Å². The Balaban J connectivity index is 2.85. The summed E-state index contributed by atoms with van der Waals surface area (Å²) in [5.41, 5.74) is 0. The molecule has 0 bridgehead atoms. The van der Waals surface area contributed by atoms with Gasteiger partial charge in [-0.05, 0) is 24.3 Å². The Morgan fingerprint density at radius 3 is 2.38 bits per heavy atom. The van der Waals surface area contributed by atoms with Crippen LogP contribution in [0.3, 0.4) is 0 Å². The van der Waals surface area contributed by atoms with E-state index in [1.165, 1.54) is 18.2 Å². The molecule has 0 aliphatic rings. The zero-order valence-electron chi connectivity index (χ0n) is 11.8. The molecule has 1 aromatic rings. The molecule has 0 heterocycles. The largest absolute Gasteiger partial charge is 0.494 e. The SMILES string of the molecule is C=CCN(CCO)S(=O)(=O)c1ccc(OCCCO)cc1. The topological polar surface area (TPSA) is 87.1 Å². The highest BCUT2D eigenvalue weighted by Gasteiger charge is 2.22. The Kier molecular flexibility index (Phi) is 7.38. The second-order valence-corrected chi connectivity index (χ2v) is 6.21. The lowest BCUT2D eigenvalue weighted by Gasteiger charge is -2.19. The summed E-state index contributed by atoms with van der Waals surface area (Å²) in [6.07, 6.45) is 1.99. The molecule has 0 saturated carbocycles. The lowest BCUT2D eigenvalue weighted by Crippen LogP contribution is -2.33. The number of ether oxygens (including phenoxy) is 1. The van der Waals surface area contributed by atoms with E-state index < -0.39 is 10.0 Å². The Morgan fingerprint density at radius 2 is 1.86 bits per heavy atom. The third-order valence-electron chi connectivity index (χ3n) is 2.71. The van der Waals surface area contributed by atoms with Gasteiger partial charge in [0.15, 0.2) is 0 Å². The smallest absolute Gasteiger partial charge is 0.243 e. The van der Waals surface area contributed by atoms with Crippen molar-refractivity contribution in [3.8, 4) is 5.75 Å². The van der Waals surface area contributed by atoms with Crippen LogP contribution in [0.2, 0.25) is 0 Å². The number of hydrogen-bond acceptors (Lipinski definition) is 5. The number of aliphatic hydroxyl groups is 2. The van der Waals surface area contributed by atoms with Crippen molar-refractivity contribution in [2.24, 2.45) is 0 Å². The third-order valence-corrected chi connectivity index (χ3v) is 4.59. The molecule has 0 radical (unpaired) electrons. The van der Waals surface area contributed by atoms with E-state index in [9.17, 15) is 8.42 Å². The van der Waals surface area contributed by atoms with Crippen LogP contribution in [0.15, 0.2) is 41.8 Å². The summed E-state index contributed by atoms with van der Waals surface area (Å²) in [5.74, 6) is 0.542. The van der Waals surface area contributed by atoms with Gasteiger partial charge in [-0.2, -0.15) is 4.31 Å². The zero-order chi connectivity index (χ0) is 15.7. The van der Waals surface area contributed by atoms with Crippen molar-refractivity contribution in [2.45, 2.75) is 11.3 Å². The molecule has 0 saturated heterocycles. The van der Waals surface area contributed by atoms with Gasteiger partial charge in [-0.1, -0.05) is 6.08 Å². The molecule has 1 aromatic carbocycles. The Labute approximate surface area is 125 Å². The van der Waals surface area contributed by atoms with Gasteiger partial charge in [0.05, 0.1) is 18.1 Å². The summed E-state index contributed by atoms with van der Waals surface area (Å²) in [4.78, 5) is 0.132. The quantitative estimate of drug-likeness (QED) is 0.488. The number of nitrogens with zero attached hydrogens (tertiary/aromatic N) is 1. The lowest BCUT2D eigenvalue weighted by molar-refractivity contribution is 0.233. The summed E-state index contributed by atoms with van der Waals surface area (Å²) >= 11 is 0. The fourth-order valence-electron chi connectivity index (χ4n) is 1.68. The second-order valence-electron chi connectivity index (χ2n) is 4.27. The number of aliphatic hydroxyl groups excluding tert-OH is 2. The number of benzene rings is 1. The molecule has 2 N–H and O–H groups in total. The van der Waals surface area contributed by atoms with Crippen LogP contribution in [0.5, 0.6) is 5.75 Å². The molecular formula is C14H21NO5S. The standard InChI is InChI=1S/C14H21NO5S/c1-2-8-15(9-11-17)21(18,19)14-6-4-13(5-7-14)20-12-3-10-16/h2,4-7,16-17H,1,3,8-12H2. The highest BCUT2D eigenvalue weighted by atomic mass is 32.2. The van der Waals surface area contributed by atoms with E-state index in [4.69, 9.17) is 14.9 Å². The first-order valence-corrected chi connectivity index (χ1v) is 8.06. The molecule has 0 atom stereocenters. The van der Waals surface area contributed by atoms with Gasteiger partial charge < -0.3 is 14.9 Å². The Hall–Kier alpha value is -1.41. The second kappa shape index (κ2) is 8.78. The fraction of sp³-hybridized carbons (Fsp3) is 0.429. The predicted octanol–water partition coefficient (Wildman–Crippen LogP) is 0.617. The van der Waals surface area contributed by atoms with E-state index in [1.807, 2.05) is 0 Å². The van der Waals surface area contributed by atoms with Crippen LogP contribution in [0.1, 0.15) is 6.42 Å². The van der Waals surface area contributed by atoms with Crippen molar-refractivity contribution in [3.05, 3.63) is 36.9 Å². The zero-order valence-corrected chi connectivity index (χ0v) is 12.6. The molecule has 0 aliphatic heterocycles. The summed E-state index contributed by atoms with van der Waals surface area (Å²) in [5, 5.41) is 17.6. The van der Waals surface area contributed by atoms with Crippen LogP contribution in [0.25, 0.3) is 0 Å². The molecule has 21 heavy (non-hydrogen) atoms. The highest BCUT2D eigenvalue weighted by molar-refractivity contribution is 7.89. The minimum Gasteiger partial charge on any atom is -0.494 e. The average molecular weight is 315 g/mol. The number of hydrogen-bond donors (Lipinski definition) is 2. The minimum absolute atomic E-state index is 0.0170. The van der Waals surface area contributed by atoms with Crippen molar-refractivity contribution in [1.29, 1.82) is 0 Å². The average Bonchev–Trinajstić information content (AvgIpc) is 2.48. The van der Waals surface area contributed by atoms with Crippen molar-refractivity contribution in [3.63, 3.8) is 0 Å². The van der Waals surface area contributed by atoms with Gasteiger partial charge in [0.2, 0.25) is 10.0 Å². The van der Waals surface area contributed by atoms with Crippen LogP contribution in [-0.2, 0) is 10.0 Å². The molecule has 0 aromatic heterocycles. The maximum Gasteiger partial charge on any atom is 0.243 e. The summed E-state index contributed by atoms with van der Waals surface area (Å²) in [7, 11) is -3.66. The van der Waals surface area contributed by atoms with E-state index in [2.05, 4.69) is 6.58 Å². The van der Waals surface area contributed by atoms with E-state index in [0.29, 0.717) is 18.8 Å². The molecule has 0 amide bonds. The van der Waals surface area contributed by atoms with Gasteiger partial charge in [-0.15, -0.1) is 6.58 Å². The molecule has 0 spiro atoms. The molecule has 1 rings (SSSR count). The number of sulfonamides is 1. The van der Waals surface area contributed by atoms with Crippen LogP contribution in [0, 0.1) is 0 Å². The maximum absolute atomic E-state index is 12.4. The third kappa shape index (κ3) is 5.13. The van der Waals surface area contributed by atoms with Crippen molar-refractivity contribution < 1.29 is 23.4 Å². The van der Waals surface area contributed by atoms with E-state index in [-0.39, 0.29) is 31.2 Å². The summed E-state index contributed by atoms with van der Waals surface area (Å²) < 4.78 is 31.3. The molecule has 6 nitrogen and oxygen atoms in total. The fourth-order valence-corrected chi connectivity index (χ4v) is 3.08. The van der Waals surface area contributed by atoms with Crippen LogP contribution >= 0.6 is 0 Å². The molecule has 0 fully saturated rings. The van der Waals surface area contributed by atoms with Gasteiger partial charge in [0.1, 0.15) is 5.75 Å². The minimum atomic E-state index is -3.66. The van der Waals surface area contributed by atoms with E-state index in [0.717, 1.165) is 4.31 Å². The van der Waals surface area contributed by atoms with Gasteiger partial charge >= 0.3 is 0 Å². The lowest BCUT2D eigenvalue weighted by atomic mass is 10.3. The van der Waals surface area contributed by atoms with Gasteiger partial charge in [0.25, 0.3) is 0 Å². The predicted molar refractivity (Wildman–Crippen MR) is 79.7 cm³/mol. The molecule has 0 aliphatic carbocycles. The van der Waals surface area contributed by atoms with Gasteiger partial charge in [-0.3, -0.25) is 0 Å². The highest BCUT2D eigenvalue weighted by Crippen LogP contribution is 2.19. The van der Waals surface area contributed by atoms with Crippen LogP contribution in [-0.4, -0.2) is 55.8 Å². The monoisotopic (exact) mass is 315 g/mol. The first kappa shape index (κ1) is 17.6. The van der Waals surface area contributed by atoms with Crippen LogP contribution < -0.4 is 4.74 Å². The van der Waals surface area contributed by atoms with Gasteiger partial charge in [0, 0.05) is 26.1 Å². The first-order chi connectivity index (χ1) is 10.1.